The Kier molecular flexibility index (Phi) is 7.76. The third kappa shape index (κ3) is 5.43. The average Bonchev–Trinajstić information content (AvgIpc) is 4.11. The van der Waals surface area contributed by atoms with Crippen LogP contribution in [-0.2, 0) is 0 Å². The van der Waals surface area contributed by atoms with E-state index < -0.39 is 0 Å². The van der Waals surface area contributed by atoms with Crippen LogP contribution in [0.3, 0.4) is 0 Å². The van der Waals surface area contributed by atoms with Gasteiger partial charge in [-0.05, 0) is 143 Å². The first-order valence-electron chi connectivity index (χ1n) is 21.8. The molecule has 0 spiro atoms. The number of hydrogen-bond donors (Lipinski definition) is 0. The van der Waals surface area contributed by atoms with E-state index in [1.807, 2.05) is 22.7 Å². The van der Waals surface area contributed by atoms with Crippen molar-refractivity contribution in [2.75, 3.05) is 0 Å². The SMILES string of the molecule is c1ccc(-n2c3ccc(-c4ccc5sc6ccccc6c5c4)cc3c3cc(-c4ccc5c(c4)c4cc(-c6ccc7sc8ccccc8c7c6)ccc4n5-c4ccccc4)ccc32)cc1. The summed E-state index contributed by atoms with van der Waals surface area (Å²) in [4.78, 5) is 0. The monoisotopic (exact) mass is 848 g/mol. The number of thiophene rings is 2. The maximum Gasteiger partial charge on any atom is 0.0541 e. The molecule has 14 aromatic rings. The van der Waals surface area contributed by atoms with Gasteiger partial charge in [0.25, 0.3) is 0 Å². The molecule has 298 valence electrons. The molecular weight excluding hydrogens is 813 g/mol. The molecule has 0 aliphatic heterocycles. The van der Waals surface area contributed by atoms with Gasteiger partial charge in [0.1, 0.15) is 0 Å². The fourth-order valence-electron chi connectivity index (χ4n) is 10.3. The molecule has 4 heterocycles. The maximum absolute atomic E-state index is 2.42. The number of fused-ring (bicyclic) bond motifs is 12. The maximum atomic E-state index is 2.42. The lowest BCUT2D eigenvalue weighted by molar-refractivity contribution is 1.18. The lowest BCUT2D eigenvalue weighted by Gasteiger charge is -2.09. The van der Waals surface area contributed by atoms with Crippen molar-refractivity contribution in [1.29, 1.82) is 0 Å². The zero-order chi connectivity index (χ0) is 41.9. The molecule has 2 nitrogen and oxygen atoms in total. The van der Waals surface area contributed by atoms with E-state index >= 15 is 0 Å². The van der Waals surface area contributed by atoms with Crippen LogP contribution in [0.25, 0.3) is 129 Å². The molecule has 4 aromatic heterocycles. The molecular formula is C60H36N2S2. The minimum absolute atomic E-state index is 1.16. The van der Waals surface area contributed by atoms with Crippen LogP contribution in [0.4, 0.5) is 0 Å². The van der Waals surface area contributed by atoms with Gasteiger partial charge >= 0.3 is 0 Å². The van der Waals surface area contributed by atoms with Gasteiger partial charge < -0.3 is 9.13 Å². The van der Waals surface area contributed by atoms with Crippen molar-refractivity contribution in [3.8, 4) is 44.8 Å². The summed E-state index contributed by atoms with van der Waals surface area (Å²) < 4.78 is 10.1. The van der Waals surface area contributed by atoms with Gasteiger partial charge in [-0.3, -0.25) is 0 Å². The lowest BCUT2D eigenvalue weighted by Crippen LogP contribution is -1.93. The second-order valence-electron chi connectivity index (χ2n) is 16.9. The number of para-hydroxylation sites is 2. The predicted octanol–water partition coefficient (Wildman–Crippen LogP) is 17.6. The Hall–Kier alpha value is -7.76. The van der Waals surface area contributed by atoms with Crippen LogP contribution in [-0.4, -0.2) is 9.13 Å². The third-order valence-corrected chi connectivity index (χ3v) is 15.6. The number of nitrogens with zero attached hydrogens (tertiary/aromatic N) is 2. The topological polar surface area (TPSA) is 9.86 Å². The van der Waals surface area contributed by atoms with Crippen molar-refractivity contribution in [1.82, 2.24) is 9.13 Å². The van der Waals surface area contributed by atoms with Gasteiger partial charge in [0.2, 0.25) is 0 Å². The Morgan fingerprint density at radius 2 is 0.500 bits per heavy atom. The molecule has 0 fully saturated rings. The molecule has 64 heavy (non-hydrogen) atoms. The summed E-state index contributed by atoms with van der Waals surface area (Å²) in [6.07, 6.45) is 0. The van der Waals surface area contributed by atoms with E-state index in [1.165, 1.54) is 117 Å². The minimum Gasteiger partial charge on any atom is -0.309 e. The summed E-state index contributed by atoms with van der Waals surface area (Å²) in [5.74, 6) is 0. The Morgan fingerprint density at radius 1 is 0.219 bits per heavy atom. The van der Waals surface area contributed by atoms with Crippen LogP contribution < -0.4 is 0 Å². The normalized spacial score (nSPS) is 12.1. The highest BCUT2D eigenvalue weighted by Gasteiger charge is 2.18. The predicted molar refractivity (Wildman–Crippen MR) is 277 cm³/mol. The summed E-state index contributed by atoms with van der Waals surface area (Å²) in [6, 6.07) is 81.1. The van der Waals surface area contributed by atoms with Gasteiger partial charge in [-0.2, -0.15) is 0 Å². The second kappa shape index (κ2) is 13.9. The summed E-state index contributed by atoms with van der Waals surface area (Å²) in [6.45, 7) is 0. The molecule has 0 bridgehead atoms. The molecule has 10 aromatic carbocycles. The van der Waals surface area contributed by atoms with Crippen LogP contribution in [0, 0.1) is 0 Å². The van der Waals surface area contributed by atoms with Crippen LogP contribution in [0.5, 0.6) is 0 Å². The van der Waals surface area contributed by atoms with Gasteiger partial charge in [0.15, 0.2) is 0 Å². The molecule has 0 atom stereocenters. The zero-order valence-corrected chi connectivity index (χ0v) is 36.1. The van der Waals surface area contributed by atoms with Crippen molar-refractivity contribution in [3.05, 3.63) is 218 Å². The van der Waals surface area contributed by atoms with Crippen LogP contribution in [0.15, 0.2) is 218 Å². The smallest absolute Gasteiger partial charge is 0.0541 e. The first-order valence-corrected chi connectivity index (χ1v) is 23.4. The minimum atomic E-state index is 1.16. The fourth-order valence-corrected chi connectivity index (χ4v) is 12.5. The molecule has 0 radical (unpaired) electrons. The number of rotatable bonds is 5. The van der Waals surface area contributed by atoms with Crippen molar-refractivity contribution in [2.45, 2.75) is 0 Å². The highest BCUT2D eigenvalue weighted by molar-refractivity contribution is 7.26. The highest BCUT2D eigenvalue weighted by Crippen LogP contribution is 2.43. The van der Waals surface area contributed by atoms with E-state index in [2.05, 4.69) is 228 Å². The van der Waals surface area contributed by atoms with E-state index in [0.717, 1.165) is 11.4 Å². The quantitative estimate of drug-likeness (QED) is 0.163. The van der Waals surface area contributed by atoms with Gasteiger partial charge in [-0.25, -0.2) is 0 Å². The molecule has 4 heteroatoms. The van der Waals surface area contributed by atoms with Crippen molar-refractivity contribution in [3.63, 3.8) is 0 Å². The standard InChI is InChI=1S/C60H36N2S2/c1-3-11-43(12-4-1)61-53-25-19-37(31-47(53)49-33-39(21-27-55(49)61)41-23-29-59-51(35-41)45-15-7-9-17-57(45)63-59)38-20-26-54-48(32-38)50-34-40(22-28-56(50)62(54)44-13-5-2-6-14-44)42-24-30-60-52(36-42)46-16-8-10-18-58(46)64-60/h1-36H. The van der Waals surface area contributed by atoms with Crippen molar-refractivity contribution < 1.29 is 0 Å². The molecule has 0 saturated carbocycles. The Balaban J connectivity index is 0.957. The Bertz CT molecular complexity index is 3910. The van der Waals surface area contributed by atoms with Gasteiger partial charge in [-0.1, -0.05) is 109 Å². The molecule has 14 rings (SSSR count). The van der Waals surface area contributed by atoms with E-state index in [4.69, 9.17) is 0 Å². The first kappa shape index (κ1) is 35.8. The Labute approximate surface area is 376 Å². The summed E-state index contributed by atoms with van der Waals surface area (Å²) in [7, 11) is 0. The molecule has 0 N–H and O–H groups in total. The van der Waals surface area contributed by atoms with Gasteiger partial charge in [0.05, 0.1) is 22.1 Å². The second-order valence-corrected chi connectivity index (χ2v) is 19.1. The van der Waals surface area contributed by atoms with E-state index in [9.17, 15) is 0 Å². The summed E-state index contributed by atoms with van der Waals surface area (Å²) in [5.41, 5.74) is 14.4. The fraction of sp³-hybridized carbons (Fsp3) is 0. The zero-order valence-electron chi connectivity index (χ0n) is 34.5. The lowest BCUT2D eigenvalue weighted by atomic mass is 9.98. The van der Waals surface area contributed by atoms with E-state index in [0.29, 0.717) is 0 Å². The van der Waals surface area contributed by atoms with E-state index in [-0.39, 0.29) is 0 Å². The van der Waals surface area contributed by atoms with Crippen molar-refractivity contribution in [2.24, 2.45) is 0 Å². The largest absolute Gasteiger partial charge is 0.309 e. The Morgan fingerprint density at radius 3 is 0.859 bits per heavy atom. The molecule has 0 aliphatic carbocycles. The van der Waals surface area contributed by atoms with Gasteiger partial charge in [-0.15, -0.1) is 22.7 Å². The average molecular weight is 849 g/mol. The summed E-state index contributed by atoms with van der Waals surface area (Å²) >= 11 is 3.73. The molecule has 0 unspecified atom stereocenters. The molecule has 0 saturated heterocycles. The van der Waals surface area contributed by atoms with Crippen LogP contribution >= 0.6 is 22.7 Å². The van der Waals surface area contributed by atoms with Gasteiger partial charge in [0, 0.05) is 73.3 Å². The van der Waals surface area contributed by atoms with Crippen LogP contribution in [0.1, 0.15) is 0 Å². The van der Waals surface area contributed by atoms with Crippen LogP contribution in [0.2, 0.25) is 0 Å². The molecule has 0 amide bonds. The third-order valence-electron chi connectivity index (χ3n) is 13.3. The molecule has 0 aliphatic rings. The number of hydrogen-bond acceptors (Lipinski definition) is 2. The summed E-state index contributed by atoms with van der Waals surface area (Å²) in [5, 5.41) is 10.3. The highest BCUT2D eigenvalue weighted by atomic mass is 32.1. The van der Waals surface area contributed by atoms with Crippen molar-refractivity contribution >= 4 is 107 Å². The number of aromatic nitrogens is 2. The van der Waals surface area contributed by atoms with E-state index in [1.54, 1.807) is 0 Å². The first-order chi connectivity index (χ1) is 31.7. The number of benzene rings is 10.